The van der Waals surface area contributed by atoms with Crippen molar-refractivity contribution < 1.29 is 4.79 Å². The number of fused-ring (bicyclic) bond motifs is 4. The third kappa shape index (κ3) is 3.94. The van der Waals surface area contributed by atoms with Crippen LogP contribution in [-0.4, -0.2) is 43.5 Å². The van der Waals surface area contributed by atoms with Gasteiger partial charge >= 0.3 is 0 Å². The fourth-order valence-electron chi connectivity index (χ4n) is 5.27. The maximum Gasteiger partial charge on any atom is 0.276 e. The predicted molar refractivity (Wildman–Crippen MR) is 134 cm³/mol. The quantitative estimate of drug-likeness (QED) is 0.405. The standard InChI is InChI=1S/C26H21Cl2N5O2/c27-19-6-4-17(5-7-19)25-24(29-30-33(25)21-10-8-20(28)9-11-21)26(35)31-13-16-12-18(15-31)22-2-1-3-23(34)32(22)14-16/h1-11,16,18H,12-15H2/t16-,18-/m1/s1. The first-order valence-corrected chi connectivity index (χ1v) is 12.2. The van der Waals surface area contributed by atoms with E-state index in [1.807, 2.05) is 39.8 Å². The van der Waals surface area contributed by atoms with Gasteiger partial charge in [-0.3, -0.25) is 9.59 Å². The molecule has 0 unspecified atom stereocenters. The van der Waals surface area contributed by atoms with Crippen LogP contribution in [0.15, 0.2) is 71.5 Å². The van der Waals surface area contributed by atoms with Crippen LogP contribution in [0.4, 0.5) is 0 Å². The Bertz CT molecular complexity index is 1480. The number of benzene rings is 2. The number of amides is 1. The lowest BCUT2D eigenvalue weighted by molar-refractivity contribution is 0.0589. The molecule has 2 aromatic carbocycles. The molecule has 4 heterocycles. The van der Waals surface area contributed by atoms with E-state index in [2.05, 4.69) is 10.3 Å². The zero-order valence-electron chi connectivity index (χ0n) is 18.6. The Morgan fingerprint density at radius 3 is 2.34 bits per heavy atom. The van der Waals surface area contributed by atoms with Crippen LogP contribution in [0.3, 0.4) is 0 Å². The molecule has 2 atom stereocenters. The summed E-state index contributed by atoms with van der Waals surface area (Å²) in [5, 5.41) is 9.90. The molecule has 35 heavy (non-hydrogen) atoms. The van der Waals surface area contributed by atoms with E-state index >= 15 is 0 Å². The van der Waals surface area contributed by atoms with Crippen molar-refractivity contribution in [3.8, 4) is 16.9 Å². The first kappa shape index (κ1) is 22.1. The molecule has 0 aliphatic carbocycles. The van der Waals surface area contributed by atoms with Crippen LogP contribution in [0.2, 0.25) is 10.0 Å². The molecule has 6 rings (SSSR count). The van der Waals surface area contributed by atoms with Crippen molar-refractivity contribution in [3.05, 3.63) is 98.5 Å². The van der Waals surface area contributed by atoms with Crippen molar-refractivity contribution in [1.82, 2.24) is 24.5 Å². The Morgan fingerprint density at radius 2 is 1.60 bits per heavy atom. The maximum atomic E-state index is 13.9. The number of pyridine rings is 1. The summed E-state index contributed by atoms with van der Waals surface area (Å²) in [5.41, 5.74) is 3.43. The number of hydrogen-bond acceptors (Lipinski definition) is 4. The highest BCUT2D eigenvalue weighted by Gasteiger charge is 2.38. The lowest BCUT2D eigenvalue weighted by atomic mass is 9.83. The van der Waals surface area contributed by atoms with E-state index < -0.39 is 0 Å². The van der Waals surface area contributed by atoms with Gasteiger partial charge in [0.15, 0.2) is 5.69 Å². The molecule has 7 nitrogen and oxygen atoms in total. The minimum atomic E-state index is -0.170. The highest BCUT2D eigenvalue weighted by molar-refractivity contribution is 6.30. The summed E-state index contributed by atoms with van der Waals surface area (Å²) in [7, 11) is 0. The molecule has 4 aromatic rings. The Morgan fingerprint density at radius 1 is 0.886 bits per heavy atom. The number of nitrogens with zero attached hydrogens (tertiary/aromatic N) is 5. The van der Waals surface area contributed by atoms with E-state index in [1.165, 1.54) is 0 Å². The molecule has 2 aromatic heterocycles. The molecule has 9 heteroatoms. The first-order valence-electron chi connectivity index (χ1n) is 11.4. The molecular formula is C26H21Cl2N5O2. The van der Waals surface area contributed by atoms with E-state index in [0.29, 0.717) is 35.4 Å². The summed E-state index contributed by atoms with van der Waals surface area (Å²) in [6.07, 6.45) is 0.967. The molecule has 0 radical (unpaired) electrons. The summed E-state index contributed by atoms with van der Waals surface area (Å²) >= 11 is 12.2. The van der Waals surface area contributed by atoms with Gasteiger partial charge in [0.1, 0.15) is 5.69 Å². The van der Waals surface area contributed by atoms with Crippen molar-refractivity contribution in [1.29, 1.82) is 0 Å². The van der Waals surface area contributed by atoms with Crippen LogP contribution >= 0.6 is 23.2 Å². The average molecular weight is 506 g/mol. The van der Waals surface area contributed by atoms with Gasteiger partial charge < -0.3 is 9.47 Å². The Labute approximate surface area is 211 Å². The van der Waals surface area contributed by atoms with Crippen LogP contribution in [0.1, 0.15) is 28.5 Å². The van der Waals surface area contributed by atoms with Gasteiger partial charge in [-0.15, -0.1) is 5.10 Å². The fourth-order valence-corrected chi connectivity index (χ4v) is 5.52. The minimum absolute atomic E-state index is 0.0212. The van der Waals surface area contributed by atoms with Crippen molar-refractivity contribution in [2.75, 3.05) is 13.1 Å². The molecule has 0 saturated carbocycles. The summed E-state index contributed by atoms with van der Waals surface area (Å²) in [6, 6.07) is 19.9. The largest absolute Gasteiger partial charge is 0.336 e. The Hall–Kier alpha value is -3.42. The van der Waals surface area contributed by atoms with E-state index in [4.69, 9.17) is 23.2 Å². The van der Waals surface area contributed by atoms with Gasteiger partial charge in [-0.1, -0.05) is 46.6 Å². The molecule has 2 bridgehead atoms. The van der Waals surface area contributed by atoms with Crippen molar-refractivity contribution >= 4 is 29.1 Å². The summed E-state index contributed by atoms with van der Waals surface area (Å²) in [6.45, 7) is 1.73. The zero-order valence-corrected chi connectivity index (χ0v) is 20.2. The van der Waals surface area contributed by atoms with E-state index in [-0.39, 0.29) is 29.0 Å². The highest BCUT2D eigenvalue weighted by atomic mass is 35.5. The SMILES string of the molecule is O=C(c1nnn(-c2ccc(Cl)cc2)c1-c1ccc(Cl)cc1)N1C[C@H]2C[C@H](C1)c1cccc(=O)n1C2. The third-order valence-electron chi connectivity index (χ3n) is 6.83. The van der Waals surface area contributed by atoms with Crippen LogP contribution in [0, 0.1) is 5.92 Å². The first-order chi connectivity index (χ1) is 17.0. The van der Waals surface area contributed by atoms with Gasteiger partial charge in [0.2, 0.25) is 0 Å². The van der Waals surface area contributed by atoms with E-state index in [1.54, 1.807) is 41.1 Å². The third-order valence-corrected chi connectivity index (χ3v) is 7.33. The number of likely N-dealkylation sites (tertiary alicyclic amines) is 1. The molecule has 0 spiro atoms. The lowest BCUT2D eigenvalue weighted by Crippen LogP contribution is -2.49. The van der Waals surface area contributed by atoms with Crippen LogP contribution in [-0.2, 0) is 6.54 Å². The summed E-state index contributed by atoms with van der Waals surface area (Å²) < 4.78 is 3.52. The maximum absolute atomic E-state index is 13.9. The second-order valence-electron chi connectivity index (χ2n) is 9.09. The second kappa shape index (κ2) is 8.66. The molecule has 2 aliphatic heterocycles. The predicted octanol–water partition coefficient (Wildman–Crippen LogP) is 4.66. The normalized spacial score (nSPS) is 18.9. The number of rotatable bonds is 3. The van der Waals surface area contributed by atoms with Gasteiger partial charge in [-0.05, 0) is 54.8 Å². The van der Waals surface area contributed by atoms with Gasteiger partial charge in [-0.2, -0.15) is 0 Å². The smallest absolute Gasteiger partial charge is 0.276 e. The molecule has 0 N–H and O–H groups in total. The van der Waals surface area contributed by atoms with Crippen LogP contribution < -0.4 is 5.56 Å². The molecule has 1 amide bonds. The number of aromatic nitrogens is 4. The van der Waals surface area contributed by atoms with Crippen molar-refractivity contribution in [3.63, 3.8) is 0 Å². The highest BCUT2D eigenvalue weighted by Crippen LogP contribution is 2.36. The fraction of sp³-hybridized carbons (Fsp3) is 0.231. The van der Waals surface area contributed by atoms with Crippen LogP contribution in [0.5, 0.6) is 0 Å². The molecule has 1 fully saturated rings. The number of halogens is 2. The van der Waals surface area contributed by atoms with Crippen molar-refractivity contribution in [2.24, 2.45) is 5.92 Å². The van der Waals surface area contributed by atoms with Crippen molar-refractivity contribution in [2.45, 2.75) is 18.9 Å². The minimum Gasteiger partial charge on any atom is -0.336 e. The summed E-state index contributed by atoms with van der Waals surface area (Å²) in [4.78, 5) is 28.1. The number of hydrogen-bond donors (Lipinski definition) is 0. The second-order valence-corrected chi connectivity index (χ2v) is 9.96. The topological polar surface area (TPSA) is 73.0 Å². The Balaban J connectivity index is 1.40. The summed E-state index contributed by atoms with van der Waals surface area (Å²) in [5.74, 6) is 0.165. The molecule has 2 aliphatic rings. The monoisotopic (exact) mass is 505 g/mol. The number of piperidine rings is 1. The number of carbonyl (C=O) groups is 1. The van der Waals surface area contributed by atoms with E-state index in [9.17, 15) is 9.59 Å². The van der Waals surface area contributed by atoms with Gasteiger partial charge in [0.25, 0.3) is 11.5 Å². The molecular weight excluding hydrogens is 485 g/mol. The van der Waals surface area contributed by atoms with Gasteiger partial charge in [-0.25, -0.2) is 4.68 Å². The number of carbonyl (C=O) groups excluding carboxylic acids is 1. The van der Waals surface area contributed by atoms with Gasteiger partial charge in [0.05, 0.1) is 5.69 Å². The van der Waals surface area contributed by atoms with Gasteiger partial charge in [0, 0.05) is 52.9 Å². The molecule has 176 valence electrons. The Kier molecular flexibility index (Phi) is 5.46. The van der Waals surface area contributed by atoms with E-state index in [0.717, 1.165) is 23.4 Å². The average Bonchev–Trinajstić information content (AvgIpc) is 3.30. The molecule has 1 saturated heterocycles. The zero-order chi connectivity index (χ0) is 24.1. The van der Waals surface area contributed by atoms with Crippen LogP contribution in [0.25, 0.3) is 16.9 Å². The lowest BCUT2D eigenvalue weighted by Gasteiger charge is -2.42.